The molecule has 0 aromatic carbocycles. The maximum atomic E-state index is 5.20. The Morgan fingerprint density at radius 1 is 1.73 bits per heavy atom. The predicted octanol–water partition coefficient (Wildman–Crippen LogP) is 2.21. The fourth-order valence-electron chi connectivity index (χ4n) is 0.962. The molecule has 0 N–H and O–H groups in total. The van der Waals surface area contributed by atoms with Crippen LogP contribution < -0.4 is 0 Å². The van der Waals surface area contributed by atoms with E-state index in [0.29, 0.717) is 5.92 Å². The number of pyridine rings is 1. The van der Waals surface area contributed by atoms with Crippen molar-refractivity contribution in [1.82, 2.24) is 4.98 Å². The van der Waals surface area contributed by atoms with Crippen LogP contribution in [0.5, 0.6) is 0 Å². The monoisotopic (exact) mass is 145 g/mol. The van der Waals surface area contributed by atoms with Crippen molar-refractivity contribution >= 4 is 0 Å². The lowest BCUT2D eigenvalue weighted by molar-refractivity contribution is 0.790. The molecule has 0 saturated heterocycles. The van der Waals surface area contributed by atoms with Crippen LogP contribution in [0.2, 0.25) is 0 Å². The number of nitrogens with zero attached hydrogens (tertiary/aromatic N) is 1. The zero-order chi connectivity index (χ0) is 8.10. The molecule has 1 heterocycles. The third-order valence-electron chi connectivity index (χ3n) is 1.68. The molecule has 11 heavy (non-hydrogen) atoms. The highest BCUT2D eigenvalue weighted by molar-refractivity contribution is 5.15. The van der Waals surface area contributed by atoms with Gasteiger partial charge < -0.3 is 0 Å². The smallest absolute Gasteiger partial charge is 0.0302 e. The molecule has 1 aromatic rings. The molecule has 1 unspecified atom stereocenters. The third kappa shape index (κ3) is 2.09. The number of hydrogen-bond donors (Lipinski definition) is 0. The molecule has 1 aromatic heterocycles. The zero-order valence-corrected chi connectivity index (χ0v) is 6.62. The summed E-state index contributed by atoms with van der Waals surface area (Å²) in [4.78, 5) is 4.02. The van der Waals surface area contributed by atoms with Gasteiger partial charge in [0.1, 0.15) is 0 Å². The van der Waals surface area contributed by atoms with Crippen LogP contribution in [0.1, 0.15) is 24.8 Å². The topological polar surface area (TPSA) is 12.9 Å². The second kappa shape index (κ2) is 3.78. The fraction of sp³-hybridized carbons (Fsp3) is 0.300. The van der Waals surface area contributed by atoms with Gasteiger partial charge in [-0.25, -0.2) is 0 Å². The molecule has 0 fully saturated rings. The molecule has 0 bridgehead atoms. The van der Waals surface area contributed by atoms with Crippen LogP contribution in [0.4, 0.5) is 0 Å². The summed E-state index contributed by atoms with van der Waals surface area (Å²) in [7, 11) is 0. The summed E-state index contributed by atoms with van der Waals surface area (Å²) < 4.78 is 0. The zero-order valence-electron chi connectivity index (χ0n) is 6.62. The number of hydrogen-bond acceptors (Lipinski definition) is 1. The van der Waals surface area contributed by atoms with Crippen molar-refractivity contribution in [3.8, 4) is 12.3 Å². The lowest BCUT2D eigenvalue weighted by Gasteiger charge is -2.05. The molecule has 0 aliphatic rings. The van der Waals surface area contributed by atoms with Gasteiger partial charge in [0.15, 0.2) is 0 Å². The summed E-state index contributed by atoms with van der Waals surface area (Å²) in [6.07, 6.45) is 9.61. The van der Waals surface area contributed by atoms with Crippen LogP contribution in [-0.2, 0) is 0 Å². The molecular formula is C10H11N. The van der Waals surface area contributed by atoms with E-state index in [0.717, 1.165) is 6.42 Å². The van der Waals surface area contributed by atoms with Crippen molar-refractivity contribution in [2.24, 2.45) is 0 Å². The highest BCUT2D eigenvalue weighted by Gasteiger charge is 2.01. The summed E-state index contributed by atoms with van der Waals surface area (Å²) in [5.74, 6) is 3.06. The highest BCUT2D eigenvalue weighted by Crippen LogP contribution is 2.15. The lowest BCUT2D eigenvalue weighted by Crippen LogP contribution is -1.91. The van der Waals surface area contributed by atoms with Crippen LogP contribution in [0.15, 0.2) is 24.5 Å². The quantitative estimate of drug-likeness (QED) is 0.581. The van der Waals surface area contributed by atoms with Crippen LogP contribution in [0, 0.1) is 12.3 Å². The van der Waals surface area contributed by atoms with Gasteiger partial charge in [-0.2, -0.15) is 0 Å². The Labute approximate surface area is 67.5 Å². The minimum absolute atomic E-state index is 0.425. The Kier molecular flexibility index (Phi) is 2.68. The molecule has 56 valence electrons. The molecule has 0 aliphatic carbocycles. The van der Waals surface area contributed by atoms with E-state index < -0.39 is 0 Å². The summed E-state index contributed by atoms with van der Waals surface area (Å²) in [5, 5.41) is 0. The number of terminal acetylenes is 1. The van der Waals surface area contributed by atoms with Gasteiger partial charge in [0, 0.05) is 18.8 Å². The van der Waals surface area contributed by atoms with Crippen molar-refractivity contribution in [1.29, 1.82) is 0 Å². The van der Waals surface area contributed by atoms with Crippen LogP contribution >= 0.6 is 0 Å². The van der Waals surface area contributed by atoms with Crippen molar-refractivity contribution in [2.75, 3.05) is 0 Å². The Morgan fingerprint density at radius 3 is 3.09 bits per heavy atom. The fourth-order valence-corrected chi connectivity index (χ4v) is 0.962. The molecule has 1 rings (SSSR count). The Morgan fingerprint density at radius 2 is 2.55 bits per heavy atom. The molecule has 0 aliphatic heterocycles. The van der Waals surface area contributed by atoms with E-state index in [4.69, 9.17) is 6.42 Å². The third-order valence-corrected chi connectivity index (χ3v) is 1.68. The first kappa shape index (κ1) is 7.81. The van der Waals surface area contributed by atoms with Gasteiger partial charge in [0.2, 0.25) is 0 Å². The van der Waals surface area contributed by atoms with Gasteiger partial charge in [-0.1, -0.05) is 13.0 Å². The normalized spacial score (nSPS) is 12.0. The second-order valence-corrected chi connectivity index (χ2v) is 2.60. The van der Waals surface area contributed by atoms with Crippen molar-refractivity contribution in [3.63, 3.8) is 0 Å². The van der Waals surface area contributed by atoms with Crippen LogP contribution in [0.3, 0.4) is 0 Å². The molecule has 1 nitrogen and oxygen atoms in total. The highest BCUT2D eigenvalue weighted by atomic mass is 14.6. The second-order valence-electron chi connectivity index (χ2n) is 2.60. The molecule has 0 radical (unpaired) electrons. The van der Waals surface area contributed by atoms with Gasteiger partial charge >= 0.3 is 0 Å². The van der Waals surface area contributed by atoms with Crippen molar-refractivity contribution in [3.05, 3.63) is 30.1 Å². The van der Waals surface area contributed by atoms with E-state index >= 15 is 0 Å². The molecule has 0 amide bonds. The van der Waals surface area contributed by atoms with E-state index in [1.807, 2.05) is 12.3 Å². The van der Waals surface area contributed by atoms with Crippen molar-refractivity contribution in [2.45, 2.75) is 19.3 Å². The molecule has 0 saturated carbocycles. The minimum Gasteiger partial charge on any atom is -0.264 e. The van der Waals surface area contributed by atoms with Gasteiger partial charge in [0.05, 0.1) is 0 Å². The lowest BCUT2D eigenvalue weighted by atomic mass is 10.0. The van der Waals surface area contributed by atoms with Gasteiger partial charge in [-0.05, 0) is 17.5 Å². The summed E-state index contributed by atoms with van der Waals surface area (Å²) in [6.45, 7) is 2.11. The maximum Gasteiger partial charge on any atom is 0.0302 e. The summed E-state index contributed by atoms with van der Waals surface area (Å²) in [6, 6.07) is 3.98. The maximum absolute atomic E-state index is 5.20. The number of rotatable bonds is 2. The van der Waals surface area contributed by atoms with E-state index in [1.54, 1.807) is 6.20 Å². The predicted molar refractivity (Wildman–Crippen MR) is 46.1 cm³/mol. The minimum atomic E-state index is 0.425. The van der Waals surface area contributed by atoms with E-state index in [2.05, 4.69) is 23.9 Å². The first-order valence-electron chi connectivity index (χ1n) is 3.68. The largest absolute Gasteiger partial charge is 0.264 e. The summed E-state index contributed by atoms with van der Waals surface area (Å²) >= 11 is 0. The Balaban J connectivity index is 2.70. The first-order valence-corrected chi connectivity index (χ1v) is 3.68. The Bertz CT molecular complexity index is 245. The molecular weight excluding hydrogens is 134 g/mol. The van der Waals surface area contributed by atoms with Gasteiger partial charge in [0.25, 0.3) is 0 Å². The van der Waals surface area contributed by atoms with Crippen LogP contribution in [-0.4, -0.2) is 4.98 Å². The van der Waals surface area contributed by atoms with Gasteiger partial charge in [-0.15, -0.1) is 12.3 Å². The van der Waals surface area contributed by atoms with E-state index in [-0.39, 0.29) is 0 Å². The summed E-state index contributed by atoms with van der Waals surface area (Å²) in [5.41, 5.74) is 1.21. The molecule has 0 spiro atoms. The average molecular weight is 145 g/mol. The van der Waals surface area contributed by atoms with E-state index in [1.165, 1.54) is 5.56 Å². The van der Waals surface area contributed by atoms with E-state index in [9.17, 15) is 0 Å². The average Bonchev–Trinajstić information content (AvgIpc) is 2.07. The SMILES string of the molecule is C#CCC(C)c1cccnc1. The molecule has 1 heteroatoms. The molecule has 1 atom stereocenters. The standard InChI is InChI=1S/C10H11N/c1-3-5-9(2)10-6-4-7-11-8-10/h1,4,6-9H,5H2,2H3. The Hall–Kier alpha value is -1.29. The van der Waals surface area contributed by atoms with Gasteiger partial charge in [-0.3, -0.25) is 4.98 Å². The first-order chi connectivity index (χ1) is 5.34. The number of aromatic nitrogens is 1. The van der Waals surface area contributed by atoms with Crippen LogP contribution in [0.25, 0.3) is 0 Å². The van der Waals surface area contributed by atoms with Crippen molar-refractivity contribution < 1.29 is 0 Å².